The number of furan rings is 2. The third-order valence-corrected chi connectivity index (χ3v) is 18.4. The number of nitrogens with zero attached hydrogens (tertiary/aromatic N) is 8. The minimum Gasteiger partial charge on any atom is -0.456 e. The Balaban J connectivity index is 0.000000139. The maximum absolute atomic E-state index is 9.35. The molecule has 0 saturated heterocycles. The number of fused-ring (bicyclic) bond motifs is 17. The van der Waals surface area contributed by atoms with Gasteiger partial charge in [-0.1, -0.05) is 164 Å². The summed E-state index contributed by atoms with van der Waals surface area (Å²) in [5, 5.41) is 24.7. The van der Waals surface area contributed by atoms with Gasteiger partial charge in [-0.05, 0) is 124 Å². The monoisotopic (exact) mass is 1150 g/mol. The standard InChI is InChI=1S/C45H24N4O2.C33H18N4S/c1-46-31-18-14-26(15-19-31)29-16-20-34-41(25-29)51-44-42(34)43(30-17-21-40-36(23-30)33-11-5-7-13-39(33)50-40)47-45(48-44)49-37-12-6-4-10-32(37)35-22-27-8-2-3-9-28(27)24-38(35)49;34-19-20-13-15-21(16-14-20)31-30-25-10-4-6-12-29(25)38-32(30)36-33(35-31)37-27-11-5-3-9-24(27)26-17-22-7-1-2-8-23(22)18-28(26)37/h2-25H;1-18H. The number of rotatable bonds is 5. The highest BCUT2D eigenvalue weighted by atomic mass is 32.1. The zero-order chi connectivity index (χ0) is 58.8. The quantitative estimate of drug-likeness (QED) is 0.158. The van der Waals surface area contributed by atoms with Crippen LogP contribution in [-0.2, 0) is 0 Å². The van der Waals surface area contributed by atoms with Crippen LogP contribution in [0.5, 0.6) is 0 Å². The van der Waals surface area contributed by atoms with Gasteiger partial charge in [0.2, 0.25) is 17.6 Å². The van der Waals surface area contributed by atoms with Crippen molar-refractivity contribution < 1.29 is 8.83 Å². The van der Waals surface area contributed by atoms with Crippen molar-refractivity contribution in [2.24, 2.45) is 0 Å². The molecular formula is C78H42N8O2S. The van der Waals surface area contributed by atoms with Gasteiger partial charge in [-0.2, -0.15) is 10.2 Å². The van der Waals surface area contributed by atoms with E-state index in [1.165, 1.54) is 31.6 Å². The Hall–Kier alpha value is -12.3. The van der Waals surface area contributed by atoms with Crippen LogP contribution < -0.4 is 0 Å². The Morgan fingerprint density at radius 1 is 0.382 bits per heavy atom. The van der Waals surface area contributed by atoms with Gasteiger partial charge >= 0.3 is 0 Å². The highest BCUT2D eigenvalue weighted by Gasteiger charge is 2.24. The molecule has 19 aromatic rings. The molecule has 19 rings (SSSR count). The summed E-state index contributed by atoms with van der Waals surface area (Å²) < 4.78 is 18.4. The van der Waals surface area contributed by atoms with Crippen LogP contribution in [0.3, 0.4) is 0 Å². The molecule has 0 N–H and O–H groups in total. The number of hydrogen-bond donors (Lipinski definition) is 0. The van der Waals surface area contributed by atoms with Gasteiger partial charge in [0.1, 0.15) is 21.6 Å². The predicted octanol–water partition coefficient (Wildman–Crippen LogP) is 21.0. The number of nitriles is 1. The zero-order valence-corrected chi connectivity index (χ0v) is 47.9. The molecule has 0 aliphatic carbocycles. The minimum atomic E-state index is 0.509. The maximum Gasteiger partial charge on any atom is 0.238 e. The molecule has 0 saturated carbocycles. The van der Waals surface area contributed by atoms with Gasteiger partial charge in [0.05, 0.1) is 57.0 Å². The van der Waals surface area contributed by atoms with Gasteiger partial charge in [0.15, 0.2) is 5.69 Å². The molecule has 11 heteroatoms. The molecule has 0 atom stereocenters. The predicted molar refractivity (Wildman–Crippen MR) is 362 cm³/mol. The van der Waals surface area contributed by atoms with E-state index in [4.69, 9.17) is 35.3 Å². The molecule has 7 aromatic heterocycles. The van der Waals surface area contributed by atoms with Crippen LogP contribution >= 0.6 is 11.3 Å². The van der Waals surface area contributed by atoms with E-state index in [1.807, 2.05) is 78.9 Å². The number of thiophene rings is 1. The van der Waals surface area contributed by atoms with Gasteiger partial charge in [0, 0.05) is 64.3 Å². The zero-order valence-electron chi connectivity index (χ0n) is 47.1. The first-order valence-corrected chi connectivity index (χ1v) is 30.0. The van der Waals surface area contributed by atoms with E-state index in [-0.39, 0.29) is 0 Å². The number of hydrogen-bond acceptors (Lipinski definition) is 8. The van der Waals surface area contributed by atoms with Crippen LogP contribution in [0.2, 0.25) is 0 Å². The molecule has 0 spiro atoms. The van der Waals surface area contributed by atoms with Crippen molar-refractivity contribution in [2.45, 2.75) is 0 Å². The number of aromatic nitrogens is 6. The van der Waals surface area contributed by atoms with Crippen LogP contribution in [0, 0.1) is 17.9 Å². The molecule has 0 bridgehead atoms. The fourth-order valence-corrected chi connectivity index (χ4v) is 14.2. The lowest BCUT2D eigenvalue weighted by Gasteiger charge is -2.10. The fraction of sp³-hybridized carbons (Fsp3) is 0. The molecule has 0 fully saturated rings. The maximum atomic E-state index is 9.35. The van der Waals surface area contributed by atoms with E-state index >= 15 is 0 Å². The van der Waals surface area contributed by atoms with Crippen LogP contribution in [0.1, 0.15) is 5.56 Å². The van der Waals surface area contributed by atoms with Crippen molar-refractivity contribution in [1.29, 1.82) is 5.26 Å². The van der Waals surface area contributed by atoms with Gasteiger partial charge in [-0.25, -0.2) is 19.8 Å². The topological polar surface area (TPSA) is 116 Å². The summed E-state index contributed by atoms with van der Waals surface area (Å²) in [5.41, 5.74) is 13.9. The van der Waals surface area contributed by atoms with Gasteiger partial charge in [-0.3, -0.25) is 9.13 Å². The molecular weight excluding hydrogens is 1110 g/mol. The Bertz CT molecular complexity index is 6270. The van der Waals surface area contributed by atoms with E-state index in [0.717, 1.165) is 120 Å². The van der Waals surface area contributed by atoms with Crippen LogP contribution in [0.4, 0.5) is 5.69 Å². The van der Waals surface area contributed by atoms with Gasteiger partial charge in [0.25, 0.3) is 0 Å². The Kier molecular flexibility index (Phi) is 11.1. The first-order valence-electron chi connectivity index (χ1n) is 29.2. The van der Waals surface area contributed by atoms with Crippen molar-refractivity contribution in [1.82, 2.24) is 29.1 Å². The molecule has 7 heterocycles. The average molecular weight is 1160 g/mol. The SMILES string of the molecule is N#Cc1ccc(-c2nc(-n3c4ccccc4c4cc5ccccc5cc43)nc3sc4ccccc4c23)cc1.[C-]#[N+]c1ccc(-c2ccc3c(c2)oc2nc(-n4c5ccccc5c5cc6ccccc6cc54)nc(-c4ccc5oc6ccccc6c5c4)c23)cc1. The Morgan fingerprint density at radius 3 is 1.58 bits per heavy atom. The molecule has 89 heavy (non-hydrogen) atoms. The van der Waals surface area contributed by atoms with Crippen molar-refractivity contribution in [3.63, 3.8) is 0 Å². The lowest BCUT2D eigenvalue weighted by molar-refractivity contribution is 0.651. The van der Waals surface area contributed by atoms with E-state index in [2.05, 4.69) is 196 Å². The third-order valence-electron chi connectivity index (χ3n) is 17.3. The first kappa shape index (κ1) is 50.1. The van der Waals surface area contributed by atoms with E-state index in [1.54, 1.807) is 11.3 Å². The lowest BCUT2D eigenvalue weighted by atomic mass is 10.0. The molecule has 10 nitrogen and oxygen atoms in total. The Labute approximate surface area is 510 Å². The molecule has 0 radical (unpaired) electrons. The summed E-state index contributed by atoms with van der Waals surface area (Å²) >= 11 is 1.69. The molecule has 0 aliphatic heterocycles. The average Bonchev–Trinajstić information content (AvgIpc) is 1.64. The van der Waals surface area contributed by atoms with Crippen LogP contribution in [0.15, 0.2) is 264 Å². The lowest BCUT2D eigenvalue weighted by Crippen LogP contribution is -2.02. The molecule has 12 aromatic carbocycles. The summed E-state index contributed by atoms with van der Waals surface area (Å²) in [6, 6.07) is 89.3. The van der Waals surface area contributed by atoms with E-state index in [0.29, 0.717) is 34.4 Å². The Morgan fingerprint density at radius 2 is 0.921 bits per heavy atom. The molecule has 0 aliphatic rings. The van der Waals surface area contributed by atoms with Crippen molar-refractivity contribution in [3.8, 4) is 51.6 Å². The van der Waals surface area contributed by atoms with Crippen LogP contribution in [-0.4, -0.2) is 29.1 Å². The van der Waals surface area contributed by atoms with Gasteiger partial charge < -0.3 is 8.83 Å². The van der Waals surface area contributed by atoms with Gasteiger partial charge in [-0.15, -0.1) is 11.3 Å². The summed E-state index contributed by atoms with van der Waals surface area (Å²) in [6.07, 6.45) is 0. The smallest absolute Gasteiger partial charge is 0.238 e. The molecule has 0 amide bonds. The van der Waals surface area contributed by atoms with Crippen molar-refractivity contribution in [3.05, 3.63) is 272 Å². The first-order chi connectivity index (χ1) is 44.0. The van der Waals surface area contributed by atoms with Crippen LogP contribution in [0.25, 0.3) is 180 Å². The largest absolute Gasteiger partial charge is 0.456 e. The summed E-state index contributed by atoms with van der Waals surface area (Å²) in [4.78, 5) is 25.5. The minimum absolute atomic E-state index is 0.509. The third kappa shape index (κ3) is 7.94. The normalized spacial score (nSPS) is 11.8. The summed E-state index contributed by atoms with van der Waals surface area (Å²) in [5.74, 6) is 1.18. The second-order valence-electron chi connectivity index (χ2n) is 22.3. The highest BCUT2D eigenvalue weighted by Crippen LogP contribution is 2.44. The fourth-order valence-electron chi connectivity index (χ4n) is 13.1. The molecule has 412 valence electrons. The second kappa shape index (κ2) is 19.6. The van der Waals surface area contributed by atoms with E-state index in [9.17, 15) is 5.26 Å². The van der Waals surface area contributed by atoms with Crippen molar-refractivity contribution in [2.75, 3.05) is 0 Å². The summed E-state index contributed by atoms with van der Waals surface area (Å²) in [7, 11) is 0. The summed E-state index contributed by atoms with van der Waals surface area (Å²) in [6.45, 7) is 7.34. The number of benzene rings is 12. The highest BCUT2D eigenvalue weighted by molar-refractivity contribution is 7.25. The van der Waals surface area contributed by atoms with Crippen molar-refractivity contribution >= 4 is 146 Å². The van der Waals surface area contributed by atoms with E-state index < -0.39 is 0 Å². The molecule has 0 unspecified atom stereocenters. The second-order valence-corrected chi connectivity index (χ2v) is 23.3. The number of para-hydroxylation sites is 3.